The number of amides is 1. The van der Waals surface area contributed by atoms with Gasteiger partial charge in [0, 0.05) is 32.1 Å². The van der Waals surface area contributed by atoms with Crippen LogP contribution in [0.5, 0.6) is 0 Å². The molecule has 6 nitrogen and oxygen atoms in total. The van der Waals surface area contributed by atoms with Gasteiger partial charge in [-0.3, -0.25) is 4.79 Å². The lowest BCUT2D eigenvalue weighted by molar-refractivity contribution is -0.115. The van der Waals surface area contributed by atoms with E-state index in [4.69, 9.17) is 0 Å². The van der Waals surface area contributed by atoms with Gasteiger partial charge in [-0.2, -0.15) is 8.42 Å². The van der Waals surface area contributed by atoms with Crippen LogP contribution in [0.4, 0.5) is 5.69 Å². The normalized spacial score (nSPS) is 17.8. The first-order valence-electron chi connectivity index (χ1n) is 7.87. The molecule has 1 N–H and O–H groups in total. The van der Waals surface area contributed by atoms with Gasteiger partial charge in [-0.05, 0) is 37.1 Å². The van der Waals surface area contributed by atoms with Crippen molar-refractivity contribution in [2.24, 2.45) is 4.40 Å². The van der Waals surface area contributed by atoms with Gasteiger partial charge in [-0.1, -0.05) is 13.3 Å². The highest BCUT2D eigenvalue weighted by atomic mass is 32.2. The predicted molar refractivity (Wildman–Crippen MR) is 91.1 cm³/mol. The molecule has 7 heteroatoms. The van der Waals surface area contributed by atoms with E-state index in [9.17, 15) is 13.2 Å². The van der Waals surface area contributed by atoms with Crippen LogP contribution in [-0.4, -0.2) is 38.7 Å². The molecule has 1 fully saturated rings. The monoisotopic (exact) mass is 337 g/mol. The van der Waals surface area contributed by atoms with Gasteiger partial charge in [0.2, 0.25) is 5.91 Å². The van der Waals surface area contributed by atoms with Crippen molar-refractivity contribution < 1.29 is 13.2 Å². The molecule has 1 aromatic carbocycles. The highest BCUT2D eigenvalue weighted by Gasteiger charge is 2.18. The molecule has 0 atom stereocenters. The van der Waals surface area contributed by atoms with Gasteiger partial charge in [-0.15, -0.1) is 4.40 Å². The van der Waals surface area contributed by atoms with Gasteiger partial charge in [0.25, 0.3) is 10.0 Å². The van der Waals surface area contributed by atoms with Crippen molar-refractivity contribution in [2.45, 2.75) is 43.9 Å². The minimum atomic E-state index is -3.73. The summed E-state index contributed by atoms with van der Waals surface area (Å²) in [6, 6.07) is 6.11. The molecule has 0 spiro atoms. The molecule has 0 aromatic heterocycles. The van der Waals surface area contributed by atoms with Crippen molar-refractivity contribution in [1.29, 1.82) is 0 Å². The minimum absolute atomic E-state index is 0.110. The third-order valence-electron chi connectivity index (χ3n) is 3.82. The van der Waals surface area contributed by atoms with Crippen LogP contribution in [0.15, 0.2) is 33.6 Å². The molecule has 1 aliphatic heterocycles. The average molecular weight is 337 g/mol. The van der Waals surface area contributed by atoms with Crippen LogP contribution in [0.1, 0.15) is 39.0 Å². The van der Waals surface area contributed by atoms with Crippen molar-refractivity contribution in [3.05, 3.63) is 24.3 Å². The number of rotatable bonds is 4. The van der Waals surface area contributed by atoms with E-state index in [-0.39, 0.29) is 10.8 Å². The van der Waals surface area contributed by atoms with E-state index in [1.54, 1.807) is 19.1 Å². The lowest BCUT2D eigenvalue weighted by Gasteiger charge is -2.17. The molecular weight excluding hydrogens is 314 g/mol. The minimum Gasteiger partial charge on any atom is -0.362 e. The van der Waals surface area contributed by atoms with Crippen LogP contribution in [0.3, 0.4) is 0 Å². The number of benzene rings is 1. The summed E-state index contributed by atoms with van der Waals surface area (Å²) in [5.41, 5.74) is 0.579. The Morgan fingerprint density at radius 2 is 1.91 bits per heavy atom. The summed E-state index contributed by atoms with van der Waals surface area (Å²) in [6.07, 6.45) is 4.16. The van der Waals surface area contributed by atoms with E-state index < -0.39 is 10.0 Å². The molecule has 0 aliphatic carbocycles. The molecular formula is C16H23N3O3S. The van der Waals surface area contributed by atoms with Crippen molar-refractivity contribution in [1.82, 2.24) is 4.90 Å². The van der Waals surface area contributed by atoms with E-state index in [0.717, 1.165) is 25.8 Å². The zero-order valence-corrected chi connectivity index (χ0v) is 14.4. The number of hydrogen-bond donors (Lipinski definition) is 1. The summed E-state index contributed by atoms with van der Waals surface area (Å²) in [5.74, 6) is 0.506. The molecule has 1 aromatic rings. The number of carbonyl (C=O) groups excluding carboxylic acids is 1. The van der Waals surface area contributed by atoms with Crippen LogP contribution in [-0.2, 0) is 14.8 Å². The second-order valence-corrected chi connectivity index (χ2v) is 7.25. The second-order valence-electron chi connectivity index (χ2n) is 5.64. The van der Waals surface area contributed by atoms with Gasteiger partial charge < -0.3 is 10.2 Å². The molecule has 23 heavy (non-hydrogen) atoms. The first-order chi connectivity index (χ1) is 10.9. The Morgan fingerprint density at radius 1 is 1.22 bits per heavy atom. The molecule has 126 valence electrons. The maximum Gasteiger partial charge on any atom is 0.283 e. The quantitative estimate of drug-likeness (QED) is 0.916. The van der Waals surface area contributed by atoms with Crippen LogP contribution in [0.25, 0.3) is 0 Å². The number of hydrogen-bond acceptors (Lipinski definition) is 3. The Bertz CT molecular complexity index is 681. The summed E-state index contributed by atoms with van der Waals surface area (Å²) in [4.78, 5) is 13.4. The predicted octanol–water partition coefficient (Wildman–Crippen LogP) is 2.63. The van der Waals surface area contributed by atoms with Gasteiger partial charge in [-0.25, -0.2) is 0 Å². The second kappa shape index (κ2) is 7.59. The molecule has 0 unspecified atom stereocenters. The largest absolute Gasteiger partial charge is 0.362 e. The topological polar surface area (TPSA) is 78.8 Å². The van der Waals surface area contributed by atoms with E-state index in [1.807, 2.05) is 11.9 Å². The maximum absolute atomic E-state index is 12.4. The van der Waals surface area contributed by atoms with Crippen LogP contribution < -0.4 is 5.32 Å². The standard InChI is InChI=1S/C16H23N3O3S/c1-3-16(20)17-13-8-10-14(11-9-13)23(21,22)18-15-7-5-4-6-12-19(15)2/h8-11H,3-7,12H2,1-2H3,(H,17,20)/b18-15-. The molecule has 0 radical (unpaired) electrons. The summed E-state index contributed by atoms with van der Waals surface area (Å²) in [7, 11) is -1.85. The van der Waals surface area contributed by atoms with Gasteiger partial charge >= 0.3 is 0 Å². The number of nitrogens with zero attached hydrogens (tertiary/aromatic N) is 2. The lowest BCUT2D eigenvalue weighted by Crippen LogP contribution is -2.26. The van der Waals surface area contributed by atoms with E-state index in [0.29, 0.717) is 24.4 Å². The zero-order valence-electron chi connectivity index (χ0n) is 13.6. The molecule has 1 amide bonds. The fourth-order valence-corrected chi connectivity index (χ4v) is 3.49. The Hall–Kier alpha value is -1.89. The highest BCUT2D eigenvalue weighted by molar-refractivity contribution is 7.90. The molecule has 1 aliphatic rings. The Morgan fingerprint density at radius 3 is 2.57 bits per heavy atom. The van der Waals surface area contributed by atoms with E-state index in [2.05, 4.69) is 9.71 Å². The number of likely N-dealkylation sites (tertiary alicyclic amines) is 1. The van der Waals surface area contributed by atoms with Crippen molar-refractivity contribution >= 4 is 27.5 Å². The van der Waals surface area contributed by atoms with E-state index >= 15 is 0 Å². The molecule has 1 heterocycles. The molecule has 1 saturated heterocycles. The van der Waals surface area contributed by atoms with Gasteiger partial charge in [0.1, 0.15) is 5.84 Å². The average Bonchev–Trinajstić information content (AvgIpc) is 2.72. The number of amidine groups is 1. The molecule has 0 saturated carbocycles. The van der Waals surface area contributed by atoms with Crippen molar-refractivity contribution in [3.8, 4) is 0 Å². The summed E-state index contributed by atoms with van der Waals surface area (Å²) in [5, 5.41) is 2.69. The smallest absolute Gasteiger partial charge is 0.283 e. The van der Waals surface area contributed by atoms with Crippen LogP contribution in [0.2, 0.25) is 0 Å². The fraction of sp³-hybridized carbons (Fsp3) is 0.500. The van der Waals surface area contributed by atoms with Gasteiger partial charge in [0.05, 0.1) is 4.90 Å². The number of nitrogens with one attached hydrogen (secondary N) is 1. The Kier molecular flexibility index (Phi) is 5.76. The Labute approximate surface area is 137 Å². The fourth-order valence-electron chi connectivity index (χ4n) is 2.40. The van der Waals surface area contributed by atoms with Crippen LogP contribution >= 0.6 is 0 Å². The first kappa shape index (κ1) is 17.5. The zero-order chi connectivity index (χ0) is 16.9. The molecule has 0 bridgehead atoms. The summed E-state index contributed by atoms with van der Waals surface area (Å²) < 4.78 is 28.9. The maximum atomic E-state index is 12.4. The summed E-state index contributed by atoms with van der Waals surface area (Å²) in [6.45, 7) is 2.59. The van der Waals surface area contributed by atoms with Gasteiger partial charge in [0.15, 0.2) is 0 Å². The number of sulfonamides is 1. The van der Waals surface area contributed by atoms with Crippen molar-refractivity contribution in [3.63, 3.8) is 0 Å². The Balaban J connectivity index is 2.20. The lowest BCUT2D eigenvalue weighted by atomic mass is 10.2. The number of anilines is 1. The summed E-state index contributed by atoms with van der Waals surface area (Å²) >= 11 is 0. The molecule has 2 rings (SSSR count). The van der Waals surface area contributed by atoms with E-state index in [1.165, 1.54) is 12.1 Å². The third-order valence-corrected chi connectivity index (χ3v) is 5.14. The SMILES string of the molecule is CCC(=O)Nc1ccc(S(=O)(=O)/N=C2/CCCCCN2C)cc1. The third kappa shape index (κ3) is 4.79. The first-order valence-corrected chi connectivity index (χ1v) is 9.31. The highest BCUT2D eigenvalue weighted by Crippen LogP contribution is 2.19. The number of carbonyl (C=O) groups is 1. The van der Waals surface area contributed by atoms with Crippen molar-refractivity contribution in [2.75, 3.05) is 18.9 Å². The van der Waals surface area contributed by atoms with Crippen LogP contribution in [0, 0.1) is 0 Å².